The third-order valence-electron chi connectivity index (χ3n) is 3.57. The number of nitrogens with two attached hydrogens (primary N) is 1. The van der Waals surface area contributed by atoms with E-state index in [2.05, 4.69) is 4.90 Å². The number of hydrogen-bond donors (Lipinski definition) is 1. The van der Waals surface area contributed by atoms with Gasteiger partial charge >= 0.3 is 0 Å². The lowest BCUT2D eigenvalue weighted by molar-refractivity contribution is 0.00363. The van der Waals surface area contributed by atoms with Crippen LogP contribution in [0.3, 0.4) is 0 Å². The van der Waals surface area contributed by atoms with Crippen LogP contribution in [-0.2, 0) is 11.3 Å². The van der Waals surface area contributed by atoms with Gasteiger partial charge < -0.3 is 10.5 Å². The second-order valence-electron chi connectivity index (χ2n) is 5.13. The van der Waals surface area contributed by atoms with Crippen molar-refractivity contribution in [1.82, 2.24) is 4.90 Å². The van der Waals surface area contributed by atoms with E-state index >= 15 is 0 Å². The van der Waals surface area contributed by atoms with E-state index in [0.29, 0.717) is 11.7 Å². The highest BCUT2D eigenvalue weighted by molar-refractivity contribution is 7.80. The van der Waals surface area contributed by atoms with Crippen LogP contribution in [0.4, 0.5) is 4.39 Å². The first kappa shape index (κ1) is 15.4. The van der Waals surface area contributed by atoms with Crippen molar-refractivity contribution in [2.45, 2.75) is 32.4 Å². The number of benzene rings is 1. The average molecular weight is 296 g/mol. The Morgan fingerprint density at radius 3 is 3.05 bits per heavy atom. The Hall–Kier alpha value is -1.04. The molecule has 0 aliphatic carbocycles. The Labute approximate surface area is 124 Å². The van der Waals surface area contributed by atoms with Gasteiger partial charge in [-0.25, -0.2) is 4.39 Å². The molecule has 2 rings (SSSR count). The van der Waals surface area contributed by atoms with E-state index in [-0.39, 0.29) is 10.8 Å². The van der Waals surface area contributed by atoms with Crippen molar-refractivity contribution in [3.05, 3.63) is 35.1 Å². The molecular weight excluding hydrogens is 275 g/mol. The second-order valence-corrected chi connectivity index (χ2v) is 5.57. The Bertz CT molecular complexity index is 479. The van der Waals surface area contributed by atoms with Crippen molar-refractivity contribution >= 4 is 17.2 Å². The zero-order chi connectivity index (χ0) is 14.5. The molecule has 1 saturated heterocycles. The van der Waals surface area contributed by atoms with Crippen LogP contribution < -0.4 is 5.73 Å². The highest BCUT2D eigenvalue weighted by atomic mass is 32.1. The monoisotopic (exact) mass is 296 g/mol. The maximum atomic E-state index is 13.6. The number of rotatable bonds is 5. The molecule has 0 aromatic heterocycles. The van der Waals surface area contributed by atoms with E-state index in [0.717, 1.165) is 44.6 Å². The maximum absolute atomic E-state index is 13.6. The molecule has 0 saturated carbocycles. The average Bonchev–Trinajstić information content (AvgIpc) is 2.41. The Morgan fingerprint density at radius 2 is 2.35 bits per heavy atom. The quantitative estimate of drug-likeness (QED) is 0.847. The highest BCUT2D eigenvalue weighted by Gasteiger charge is 2.20. The molecule has 1 heterocycles. The lowest BCUT2D eigenvalue weighted by Crippen LogP contribution is -2.39. The van der Waals surface area contributed by atoms with Crippen molar-refractivity contribution in [2.75, 3.05) is 19.7 Å². The minimum atomic E-state index is -0.355. The fourth-order valence-electron chi connectivity index (χ4n) is 2.65. The molecule has 3 nitrogen and oxygen atoms in total. The molecule has 1 aromatic carbocycles. The van der Waals surface area contributed by atoms with E-state index < -0.39 is 0 Å². The molecule has 1 aliphatic heterocycles. The van der Waals surface area contributed by atoms with Gasteiger partial charge in [-0.15, -0.1) is 0 Å². The fourth-order valence-corrected chi connectivity index (χ4v) is 2.80. The summed E-state index contributed by atoms with van der Waals surface area (Å²) in [6, 6.07) is 4.98. The summed E-state index contributed by atoms with van der Waals surface area (Å²) in [5.41, 5.74) is 6.90. The third-order valence-corrected chi connectivity index (χ3v) is 3.79. The standard InChI is InChI=1S/C15H21FN2OS/c1-2-19-12-4-3-7-18(10-12)9-11-5-6-14(16)13(8-11)15(17)20/h5-6,8,12H,2-4,7,9-10H2,1H3,(H2,17,20). The second kappa shape index (κ2) is 7.11. The molecule has 0 amide bonds. The van der Waals surface area contributed by atoms with Crippen molar-refractivity contribution in [3.8, 4) is 0 Å². The molecule has 1 fully saturated rings. The normalized spacial score (nSPS) is 20.0. The molecule has 2 N–H and O–H groups in total. The number of hydrogen-bond acceptors (Lipinski definition) is 3. The lowest BCUT2D eigenvalue weighted by atomic mass is 10.1. The summed E-state index contributed by atoms with van der Waals surface area (Å²) < 4.78 is 19.2. The van der Waals surface area contributed by atoms with E-state index in [1.807, 2.05) is 6.92 Å². The summed E-state index contributed by atoms with van der Waals surface area (Å²) in [7, 11) is 0. The van der Waals surface area contributed by atoms with E-state index in [1.54, 1.807) is 12.1 Å². The minimum absolute atomic E-state index is 0.107. The number of thiocarbonyl (C=S) groups is 1. The van der Waals surface area contributed by atoms with Crippen LogP contribution in [0, 0.1) is 5.82 Å². The molecule has 0 bridgehead atoms. The molecule has 110 valence electrons. The van der Waals surface area contributed by atoms with Crippen molar-refractivity contribution in [2.24, 2.45) is 5.73 Å². The summed E-state index contributed by atoms with van der Waals surface area (Å²) in [6.07, 6.45) is 2.56. The smallest absolute Gasteiger partial charge is 0.133 e. The van der Waals surface area contributed by atoms with Crippen LogP contribution in [-0.4, -0.2) is 35.7 Å². The first-order chi connectivity index (χ1) is 9.60. The molecule has 20 heavy (non-hydrogen) atoms. The predicted octanol–water partition coefficient (Wildman–Crippen LogP) is 2.46. The van der Waals surface area contributed by atoms with E-state index in [4.69, 9.17) is 22.7 Å². The molecule has 1 aliphatic rings. The van der Waals surface area contributed by atoms with Gasteiger partial charge in [0.15, 0.2) is 0 Å². The van der Waals surface area contributed by atoms with Gasteiger partial charge in [0, 0.05) is 25.3 Å². The molecule has 1 atom stereocenters. The van der Waals surface area contributed by atoms with Crippen LogP contribution >= 0.6 is 12.2 Å². The van der Waals surface area contributed by atoms with Crippen molar-refractivity contribution in [1.29, 1.82) is 0 Å². The highest BCUT2D eigenvalue weighted by Crippen LogP contribution is 2.18. The first-order valence-corrected chi connectivity index (χ1v) is 7.43. The molecule has 1 unspecified atom stereocenters. The van der Waals surface area contributed by atoms with Crippen LogP contribution in [0.25, 0.3) is 0 Å². The molecule has 1 aromatic rings. The first-order valence-electron chi connectivity index (χ1n) is 7.02. The topological polar surface area (TPSA) is 38.5 Å². The van der Waals surface area contributed by atoms with Crippen molar-refractivity contribution in [3.63, 3.8) is 0 Å². The SMILES string of the molecule is CCOC1CCCN(Cc2ccc(F)c(C(N)=S)c2)C1. The lowest BCUT2D eigenvalue weighted by Gasteiger charge is -2.32. The largest absolute Gasteiger partial charge is 0.389 e. The Morgan fingerprint density at radius 1 is 1.55 bits per heavy atom. The molecular formula is C15H21FN2OS. The van der Waals surface area contributed by atoms with E-state index in [1.165, 1.54) is 6.07 Å². The zero-order valence-electron chi connectivity index (χ0n) is 11.8. The molecule has 0 spiro atoms. The molecule has 5 heteroatoms. The molecule has 0 radical (unpaired) electrons. The summed E-state index contributed by atoms with van der Waals surface area (Å²) in [4.78, 5) is 2.44. The van der Waals surface area contributed by atoms with Gasteiger partial charge in [0.25, 0.3) is 0 Å². The summed E-state index contributed by atoms with van der Waals surface area (Å²) in [5, 5.41) is 0. The summed E-state index contributed by atoms with van der Waals surface area (Å²) in [6.45, 7) is 5.52. The van der Waals surface area contributed by atoms with Crippen LogP contribution in [0.5, 0.6) is 0 Å². The minimum Gasteiger partial charge on any atom is -0.389 e. The van der Waals surface area contributed by atoms with Gasteiger partial charge in [0.05, 0.1) is 6.10 Å². The summed E-state index contributed by atoms with van der Waals surface area (Å²) in [5.74, 6) is -0.355. The van der Waals surface area contributed by atoms with Gasteiger partial charge in [0.1, 0.15) is 10.8 Å². The van der Waals surface area contributed by atoms with Crippen LogP contribution in [0.2, 0.25) is 0 Å². The van der Waals surface area contributed by atoms with E-state index in [9.17, 15) is 4.39 Å². The maximum Gasteiger partial charge on any atom is 0.133 e. The third kappa shape index (κ3) is 3.98. The zero-order valence-corrected chi connectivity index (χ0v) is 12.6. The van der Waals surface area contributed by atoms with Gasteiger partial charge in [0.2, 0.25) is 0 Å². The number of nitrogens with zero attached hydrogens (tertiary/aromatic N) is 1. The Kier molecular flexibility index (Phi) is 5.46. The van der Waals surface area contributed by atoms with Gasteiger partial charge in [-0.2, -0.15) is 0 Å². The van der Waals surface area contributed by atoms with Crippen molar-refractivity contribution < 1.29 is 9.13 Å². The summed E-state index contributed by atoms with van der Waals surface area (Å²) >= 11 is 4.87. The van der Waals surface area contributed by atoms with Gasteiger partial charge in [-0.1, -0.05) is 18.3 Å². The number of ether oxygens (including phenoxy) is 1. The Balaban J connectivity index is 2.02. The number of halogens is 1. The number of piperidine rings is 1. The predicted molar refractivity (Wildman–Crippen MR) is 82.2 cm³/mol. The number of likely N-dealkylation sites (tertiary alicyclic amines) is 1. The fraction of sp³-hybridized carbons (Fsp3) is 0.533. The van der Waals surface area contributed by atoms with Crippen LogP contribution in [0.15, 0.2) is 18.2 Å². The van der Waals surface area contributed by atoms with Gasteiger partial charge in [-0.3, -0.25) is 4.90 Å². The van der Waals surface area contributed by atoms with Gasteiger partial charge in [-0.05, 0) is 44.0 Å². The van der Waals surface area contributed by atoms with Crippen LogP contribution in [0.1, 0.15) is 30.9 Å².